The first-order valence-electron chi connectivity index (χ1n) is 6.16. The predicted octanol–water partition coefficient (Wildman–Crippen LogP) is 2.86. The summed E-state index contributed by atoms with van der Waals surface area (Å²) in [5.74, 6) is 1.51. The third-order valence-electron chi connectivity index (χ3n) is 3.17. The summed E-state index contributed by atoms with van der Waals surface area (Å²) < 4.78 is 11.3. The Bertz CT molecular complexity index is 540. The molecule has 4 nitrogen and oxygen atoms in total. The van der Waals surface area contributed by atoms with Gasteiger partial charge < -0.3 is 14.8 Å². The second kappa shape index (κ2) is 6.41. The zero-order chi connectivity index (χ0) is 12.4. The van der Waals surface area contributed by atoms with E-state index >= 15 is 0 Å². The maximum absolute atomic E-state index is 6.12. The van der Waals surface area contributed by atoms with Crippen LogP contribution in [0.5, 0.6) is 11.6 Å². The Labute approximate surface area is 122 Å². The van der Waals surface area contributed by atoms with Crippen molar-refractivity contribution in [2.24, 2.45) is 0 Å². The van der Waals surface area contributed by atoms with E-state index in [2.05, 4.69) is 16.4 Å². The van der Waals surface area contributed by atoms with Gasteiger partial charge in [-0.15, -0.1) is 23.7 Å². The molecule has 0 radical (unpaired) electrons. The minimum absolute atomic E-state index is 0. The van der Waals surface area contributed by atoms with Crippen molar-refractivity contribution in [3.8, 4) is 11.6 Å². The average Bonchev–Trinajstić information content (AvgIpc) is 2.88. The number of pyridine rings is 1. The van der Waals surface area contributed by atoms with Crippen LogP contribution in [0.3, 0.4) is 0 Å². The summed E-state index contributed by atoms with van der Waals surface area (Å²) in [4.78, 5) is 5.38. The van der Waals surface area contributed by atoms with E-state index < -0.39 is 0 Å². The van der Waals surface area contributed by atoms with Crippen LogP contribution in [0.15, 0.2) is 17.5 Å². The smallest absolute Gasteiger partial charge is 0.218 e. The van der Waals surface area contributed by atoms with Gasteiger partial charge in [0.05, 0.1) is 12.5 Å². The Morgan fingerprint density at radius 1 is 1.37 bits per heavy atom. The highest BCUT2D eigenvalue weighted by Crippen LogP contribution is 2.33. The molecule has 19 heavy (non-hydrogen) atoms. The molecule has 6 heteroatoms. The van der Waals surface area contributed by atoms with Crippen molar-refractivity contribution >= 4 is 34.0 Å². The molecule has 1 fully saturated rings. The summed E-state index contributed by atoms with van der Waals surface area (Å²) in [5, 5.41) is 6.46. The van der Waals surface area contributed by atoms with Crippen LogP contribution in [0.2, 0.25) is 0 Å². The van der Waals surface area contributed by atoms with Crippen molar-refractivity contribution in [3.05, 3.63) is 17.5 Å². The number of halogens is 1. The number of hydrogen-bond acceptors (Lipinski definition) is 5. The van der Waals surface area contributed by atoms with Crippen LogP contribution in [-0.2, 0) is 0 Å². The standard InChI is InChI=1S/C13H16N2O2S.ClH/c1-16-12-8-11(10-4-7-18-13(10)15-12)17-9-2-5-14-6-3-9;/h4,7-9,14H,2-3,5-6H2,1H3;1H. The molecule has 0 spiro atoms. The molecule has 1 aliphatic rings. The maximum atomic E-state index is 6.12. The number of aromatic nitrogens is 1. The highest BCUT2D eigenvalue weighted by atomic mass is 35.5. The molecule has 1 saturated heterocycles. The van der Waals surface area contributed by atoms with Gasteiger partial charge in [-0.3, -0.25) is 0 Å². The first kappa shape index (κ1) is 14.4. The number of nitrogens with one attached hydrogen (secondary N) is 1. The highest BCUT2D eigenvalue weighted by molar-refractivity contribution is 7.16. The first-order chi connectivity index (χ1) is 8.86. The fraction of sp³-hybridized carbons (Fsp3) is 0.462. The number of nitrogens with zero attached hydrogens (tertiary/aromatic N) is 1. The second-order valence-electron chi connectivity index (χ2n) is 4.37. The molecule has 0 amide bonds. The van der Waals surface area contributed by atoms with Crippen molar-refractivity contribution in [3.63, 3.8) is 0 Å². The molecule has 3 rings (SSSR count). The lowest BCUT2D eigenvalue weighted by Crippen LogP contribution is -2.34. The van der Waals surface area contributed by atoms with Gasteiger partial charge in [-0.1, -0.05) is 0 Å². The van der Waals surface area contributed by atoms with Gasteiger partial charge in [0.2, 0.25) is 5.88 Å². The van der Waals surface area contributed by atoms with Gasteiger partial charge in [0.25, 0.3) is 0 Å². The molecule has 0 unspecified atom stereocenters. The third-order valence-corrected chi connectivity index (χ3v) is 3.97. The molecule has 0 saturated carbocycles. The van der Waals surface area contributed by atoms with Crippen LogP contribution in [0.4, 0.5) is 0 Å². The molecule has 0 aliphatic carbocycles. The van der Waals surface area contributed by atoms with E-state index in [9.17, 15) is 0 Å². The largest absolute Gasteiger partial charge is 0.489 e. The summed E-state index contributed by atoms with van der Waals surface area (Å²) in [6, 6.07) is 3.94. The topological polar surface area (TPSA) is 43.4 Å². The Morgan fingerprint density at radius 3 is 2.89 bits per heavy atom. The minimum atomic E-state index is 0. The lowest BCUT2D eigenvalue weighted by atomic mass is 10.1. The van der Waals surface area contributed by atoms with Gasteiger partial charge in [0, 0.05) is 6.07 Å². The van der Waals surface area contributed by atoms with E-state index in [0.29, 0.717) is 12.0 Å². The van der Waals surface area contributed by atoms with E-state index in [-0.39, 0.29) is 12.4 Å². The molecule has 1 aliphatic heterocycles. The van der Waals surface area contributed by atoms with Crippen LogP contribution in [0, 0.1) is 0 Å². The fourth-order valence-electron chi connectivity index (χ4n) is 2.19. The minimum Gasteiger partial charge on any atom is -0.489 e. The number of fused-ring (bicyclic) bond motifs is 1. The zero-order valence-corrected chi connectivity index (χ0v) is 12.4. The SMILES string of the molecule is COc1cc(OC2CCNCC2)c2ccsc2n1.Cl. The number of hydrogen-bond donors (Lipinski definition) is 1. The monoisotopic (exact) mass is 300 g/mol. The van der Waals surface area contributed by atoms with Crippen LogP contribution >= 0.6 is 23.7 Å². The van der Waals surface area contributed by atoms with Crippen LogP contribution < -0.4 is 14.8 Å². The quantitative estimate of drug-likeness (QED) is 0.946. The van der Waals surface area contributed by atoms with E-state index in [1.54, 1.807) is 18.4 Å². The number of methoxy groups -OCH3 is 1. The average molecular weight is 301 g/mol. The van der Waals surface area contributed by atoms with Crippen molar-refractivity contribution in [1.82, 2.24) is 10.3 Å². The normalized spacial score (nSPS) is 16.1. The Hall–Kier alpha value is -1.04. The molecular formula is C13H17ClN2O2S. The summed E-state index contributed by atoms with van der Waals surface area (Å²) in [6.45, 7) is 2.05. The van der Waals surface area contributed by atoms with Gasteiger partial charge >= 0.3 is 0 Å². The van der Waals surface area contributed by atoms with E-state index in [4.69, 9.17) is 9.47 Å². The number of rotatable bonds is 3. The van der Waals surface area contributed by atoms with Crippen molar-refractivity contribution in [1.29, 1.82) is 0 Å². The van der Waals surface area contributed by atoms with Crippen molar-refractivity contribution in [2.45, 2.75) is 18.9 Å². The van der Waals surface area contributed by atoms with Crippen molar-refractivity contribution in [2.75, 3.05) is 20.2 Å². The van der Waals surface area contributed by atoms with Gasteiger partial charge in [0.15, 0.2) is 0 Å². The number of thiophene rings is 1. The summed E-state index contributed by atoms with van der Waals surface area (Å²) in [5.41, 5.74) is 0. The van der Waals surface area contributed by atoms with Crippen LogP contribution in [0.1, 0.15) is 12.8 Å². The Morgan fingerprint density at radius 2 is 2.16 bits per heavy atom. The van der Waals surface area contributed by atoms with E-state index in [0.717, 1.165) is 41.9 Å². The lowest BCUT2D eigenvalue weighted by molar-refractivity contribution is 0.164. The van der Waals surface area contributed by atoms with Gasteiger partial charge in [-0.2, -0.15) is 0 Å². The summed E-state index contributed by atoms with van der Waals surface area (Å²) in [7, 11) is 1.64. The lowest BCUT2D eigenvalue weighted by Gasteiger charge is -2.24. The van der Waals surface area contributed by atoms with Crippen molar-refractivity contribution < 1.29 is 9.47 Å². The summed E-state index contributed by atoms with van der Waals surface area (Å²) in [6.07, 6.45) is 2.40. The molecule has 2 aromatic rings. The van der Waals surface area contributed by atoms with E-state index in [1.807, 2.05) is 11.4 Å². The van der Waals surface area contributed by atoms with Crippen LogP contribution in [-0.4, -0.2) is 31.3 Å². The molecule has 3 heterocycles. The first-order valence-corrected chi connectivity index (χ1v) is 7.04. The van der Waals surface area contributed by atoms with Gasteiger partial charge in [-0.05, 0) is 37.4 Å². The van der Waals surface area contributed by atoms with Crippen LogP contribution in [0.25, 0.3) is 10.2 Å². The molecule has 2 aromatic heterocycles. The third kappa shape index (κ3) is 3.11. The Kier molecular flexibility index (Phi) is 4.85. The molecular weight excluding hydrogens is 284 g/mol. The highest BCUT2D eigenvalue weighted by Gasteiger charge is 2.17. The molecule has 0 atom stereocenters. The number of ether oxygens (including phenoxy) is 2. The molecule has 0 aromatic carbocycles. The van der Waals surface area contributed by atoms with Gasteiger partial charge in [-0.25, -0.2) is 4.98 Å². The Balaban J connectivity index is 0.00000133. The molecule has 0 bridgehead atoms. The maximum Gasteiger partial charge on any atom is 0.218 e. The molecule has 1 N–H and O–H groups in total. The number of piperidine rings is 1. The fourth-order valence-corrected chi connectivity index (χ4v) is 2.96. The summed E-state index contributed by atoms with van der Waals surface area (Å²) >= 11 is 1.61. The predicted molar refractivity (Wildman–Crippen MR) is 79.9 cm³/mol. The van der Waals surface area contributed by atoms with Gasteiger partial charge in [0.1, 0.15) is 16.7 Å². The zero-order valence-electron chi connectivity index (χ0n) is 10.7. The second-order valence-corrected chi connectivity index (χ2v) is 5.26. The van der Waals surface area contributed by atoms with E-state index in [1.165, 1.54) is 0 Å². The molecule has 104 valence electrons.